The first kappa shape index (κ1) is 14.8. The number of esters is 1. The number of halogens is 1. The van der Waals surface area contributed by atoms with E-state index in [0.717, 1.165) is 4.47 Å². The van der Waals surface area contributed by atoms with Crippen LogP contribution in [0.2, 0.25) is 0 Å². The van der Waals surface area contributed by atoms with Gasteiger partial charge in [0.05, 0.1) is 12.2 Å². The molecule has 0 spiro atoms. The average molecular weight is 357 g/mol. The number of aryl methyl sites for hydroxylation is 1. The Bertz CT molecular complexity index is 648. The predicted octanol–water partition coefficient (Wildman–Crippen LogP) is 3.28. The number of nitrogens with one attached hydrogen (secondary N) is 1. The van der Waals surface area contributed by atoms with E-state index in [2.05, 4.69) is 21.2 Å². The first-order valence-corrected chi connectivity index (χ1v) is 7.58. The van der Waals surface area contributed by atoms with Crippen molar-refractivity contribution in [2.75, 3.05) is 11.9 Å². The molecule has 7 heteroatoms. The third kappa shape index (κ3) is 3.10. The fourth-order valence-electron chi connectivity index (χ4n) is 1.69. The van der Waals surface area contributed by atoms with Gasteiger partial charge in [0.25, 0.3) is 5.91 Å². The molecule has 0 saturated heterocycles. The molecule has 0 aliphatic rings. The van der Waals surface area contributed by atoms with Gasteiger partial charge in [0.2, 0.25) is 0 Å². The van der Waals surface area contributed by atoms with Gasteiger partial charge >= 0.3 is 5.97 Å². The smallest absolute Gasteiger partial charge is 0.341 e. The van der Waals surface area contributed by atoms with Gasteiger partial charge in [0.15, 0.2) is 0 Å². The molecule has 0 aliphatic carbocycles. The van der Waals surface area contributed by atoms with Gasteiger partial charge in [-0.2, -0.15) is 0 Å². The van der Waals surface area contributed by atoms with E-state index in [1.807, 2.05) is 0 Å². The Hall–Kier alpha value is -1.60. The molecule has 1 amide bonds. The van der Waals surface area contributed by atoms with Crippen molar-refractivity contribution in [1.29, 1.82) is 0 Å². The number of thiophene rings is 1. The number of hydrogen-bond donors (Lipinski definition) is 1. The average Bonchev–Trinajstić information content (AvgIpc) is 2.96. The van der Waals surface area contributed by atoms with Crippen molar-refractivity contribution in [3.05, 3.63) is 39.4 Å². The molecule has 2 aromatic rings. The molecular formula is C13H13BrN2O3S. The highest BCUT2D eigenvalue weighted by molar-refractivity contribution is 9.10. The molecule has 2 rings (SSSR count). The van der Waals surface area contributed by atoms with Crippen LogP contribution >= 0.6 is 27.3 Å². The number of aromatic nitrogens is 1. The normalized spacial score (nSPS) is 10.3. The minimum atomic E-state index is -0.433. The largest absolute Gasteiger partial charge is 0.462 e. The molecule has 0 fully saturated rings. The lowest BCUT2D eigenvalue weighted by molar-refractivity contribution is 0.0528. The Morgan fingerprint density at radius 2 is 2.25 bits per heavy atom. The number of anilines is 1. The Morgan fingerprint density at radius 3 is 2.85 bits per heavy atom. The lowest BCUT2D eigenvalue weighted by Gasteiger charge is -2.06. The lowest BCUT2D eigenvalue weighted by Crippen LogP contribution is -2.16. The summed E-state index contributed by atoms with van der Waals surface area (Å²) in [5, 5.41) is 4.97. The summed E-state index contributed by atoms with van der Waals surface area (Å²) in [7, 11) is 1.78. The van der Waals surface area contributed by atoms with Crippen molar-refractivity contribution in [2.24, 2.45) is 7.05 Å². The van der Waals surface area contributed by atoms with Crippen LogP contribution in [0.5, 0.6) is 0 Å². The molecule has 0 atom stereocenters. The second-order valence-corrected chi connectivity index (χ2v) is 5.82. The monoisotopic (exact) mass is 356 g/mol. The van der Waals surface area contributed by atoms with E-state index in [1.54, 1.807) is 42.2 Å². The summed E-state index contributed by atoms with van der Waals surface area (Å²) in [5.41, 5.74) is 0.874. The molecule has 2 heterocycles. The molecule has 0 radical (unpaired) electrons. The summed E-state index contributed by atoms with van der Waals surface area (Å²) in [5.74, 6) is -0.705. The number of ether oxygens (including phenoxy) is 1. The molecule has 0 bridgehead atoms. The fraction of sp³-hybridized carbons (Fsp3) is 0.231. The molecule has 1 N–H and O–H groups in total. The SMILES string of the molecule is CCOC(=O)c1ccsc1NC(=O)c1cc(Br)cn1C. The highest BCUT2D eigenvalue weighted by Crippen LogP contribution is 2.25. The van der Waals surface area contributed by atoms with Gasteiger partial charge in [-0.3, -0.25) is 4.79 Å². The maximum atomic E-state index is 12.2. The predicted molar refractivity (Wildman–Crippen MR) is 81.3 cm³/mol. The molecular weight excluding hydrogens is 344 g/mol. The molecule has 0 aromatic carbocycles. The van der Waals surface area contributed by atoms with E-state index < -0.39 is 5.97 Å². The third-order valence-electron chi connectivity index (χ3n) is 2.59. The Kier molecular flexibility index (Phi) is 4.61. The number of amides is 1. The van der Waals surface area contributed by atoms with Gasteiger partial charge in [0.1, 0.15) is 10.7 Å². The van der Waals surface area contributed by atoms with Crippen LogP contribution in [-0.2, 0) is 11.8 Å². The second kappa shape index (κ2) is 6.23. The maximum Gasteiger partial charge on any atom is 0.341 e. The number of carbonyl (C=O) groups is 2. The first-order valence-electron chi connectivity index (χ1n) is 5.90. The first-order chi connectivity index (χ1) is 9.52. The summed E-state index contributed by atoms with van der Waals surface area (Å²) in [6.45, 7) is 2.04. The van der Waals surface area contributed by atoms with Gasteiger partial charge in [-0.15, -0.1) is 11.3 Å². The summed E-state index contributed by atoms with van der Waals surface area (Å²) < 4.78 is 7.47. The third-order valence-corrected chi connectivity index (χ3v) is 3.86. The van der Waals surface area contributed by atoms with E-state index in [4.69, 9.17) is 4.74 Å². The van der Waals surface area contributed by atoms with Crippen LogP contribution in [0.1, 0.15) is 27.8 Å². The minimum Gasteiger partial charge on any atom is -0.462 e. The van der Waals surface area contributed by atoms with E-state index >= 15 is 0 Å². The van der Waals surface area contributed by atoms with E-state index in [0.29, 0.717) is 22.9 Å². The zero-order valence-corrected chi connectivity index (χ0v) is 13.4. The van der Waals surface area contributed by atoms with Crippen molar-refractivity contribution in [2.45, 2.75) is 6.92 Å². The van der Waals surface area contributed by atoms with Gasteiger partial charge in [-0.1, -0.05) is 0 Å². The van der Waals surface area contributed by atoms with E-state index in [1.165, 1.54) is 11.3 Å². The topological polar surface area (TPSA) is 60.3 Å². The van der Waals surface area contributed by atoms with Crippen LogP contribution in [-0.4, -0.2) is 23.1 Å². The maximum absolute atomic E-state index is 12.2. The lowest BCUT2D eigenvalue weighted by atomic mass is 10.3. The molecule has 2 aromatic heterocycles. The summed E-state index contributed by atoms with van der Waals surface area (Å²) in [6, 6.07) is 3.35. The highest BCUT2D eigenvalue weighted by atomic mass is 79.9. The van der Waals surface area contributed by atoms with Crippen LogP contribution < -0.4 is 5.32 Å². The number of carbonyl (C=O) groups excluding carboxylic acids is 2. The quantitative estimate of drug-likeness (QED) is 0.855. The molecule has 5 nitrogen and oxygen atoms in total. The van der Waals surface area contributed by atoms with E-state index in [9.17, 15) is 9.59 Å². The molecule has 106 valence electrons. The van der Waals surface area contributed by atoms with Crippen molar-refractivity contribution >= 4 is 44.1 Å². The molecule has 0 saturated carbocycles. The molecule has 20 heavy (non-hydrogen) atoms. The van der Waals surface area contributed by atoms with Gasteiger partial charge in [-0.05, 0) is 40.4 Å². The van der Waals surface area contributed by atoms with Gasteiger partial charge < -0.3 is 14.6 Å². The molecule has 0 aliphatic heterocycles. The number of rotatable bonds is 4. The van der Waals surface area contributed by atoms with Crippen molar-refractivity contribution < 1.29 is 14.3 Å². The Labute approximate surface area is 128 Å². The summed E-state index contributed by atoms with van der Waals surface area (Å²) in [4.78, 5) is 23.9. The van der Waals surface area contributed by atoms with Crippen molar-refractivity contribution in [3.63, 3.8) is 0 Å². The molecule has 0 unspecified atom stereocenters. The van der Waals surface area contributed by atoms with Crippen LogP contribution in [0, 0.1) is 0 Å². The standard InChI is InChI=1S/C13H13BrN2O3S/c1-3-19-13(18)9-4-5-20-12(9)15-11(17)10-6-8(14)7-16(10)2/h4-7H,3H2,1-2H3,(H,15,17). The van der Waals surface area contributed by atoms with Crippen LogP contribution in [0.15, 0.2) is 28.2 Å². The Balaban J connectivity index is 2.19. The van der Waals surface area contributed by atoms with Crippen LogP contribution in [0.3, 0.4) is 0 Å². The zero-order valence-electron chi connectivity index (χ0n) is 11.0. The van der Waals surface area contributed by atoms with E-state index in [-0.39, 0.29) is 5.91 Å². The van der Waals surface area contributed by atoms with Gasteiger partial charge in [-0.25, -0.2) is 4.79 Å². The highest BCUT2D eigenvalue weighted by Gasteiger charge is 2.18. The summed E-state index contributed by atoms with van der Waals surface area (Å²) in [6.07, 6.45) is 1.79. The van der Waals surface area contributed by atoms with Gasteiger partial charge in [0, 0.05) is 17.7 Å². The Morgan fingerprint density at radius 1 is 1.50 bits per heavy atom. The zero-order chi connectivity index (χ0) is 14.7. The summed E-state index contributed by atoms with van der Waals surface area (Å²) >= 11 is 4.60. The van der Waals surface area contributed by atoms with Crippen molar-refractivity contribution in [1.82, 2.24) is 4.57 Å². The minimum absolute atomic E-state index is 0.272. The fourth-order valence-corrected chi connectivity index (χ4v) is 2.99. The number of nitrogens with zero attached hydrogens (tertiary/aromatic N) is 1. The van der Waals surface area contributed by atoms with Crippen molar-refractivity contribution in [3.8, 4) is 0 Å². The van der Waals surface area contributed by atoms with Crippen LogP contribution in [0.25, 0.3) is 0 Å². The second-order valence-electron chi connectivity index (χ2n) is 3.99. The number of hydrogen-bond acceptors (Lipinski definition) is 4. The van der Waals surface area contributed by atoms with Crippen LogP contribution in [0.4, 0.5) is 5.00 Å².